The molecule has 45 heavy (non-hydrogen) atoms. The van der Waals surface area contributed by atoms with E-state index >= 15 is 0 Å². The number of amides is 1. The van der Waals surface area contributed by atoms with Crippen LogP contribution in [0.4, 0.5) is 10.5 Å². The third kappa shape index (κ3) is 5.46. The zero-order valence-electron chi connectivity index (χ0n) is 28.1. The molecule has 0 radical (unpaired) electrons. The largest absolute Gasteiger partial charge is 0.446 e. The summed E-state index contributed by atoms with van der Waals surface area (Å²) in [5, 5.41) is 4.89. The molecule has 0 saturated heterocycles. The molecule has 0 aliphatic heterocycles. The minimum atomic E-state index is -0.376. The number of nitrogens with zero attached hydrogens (tertiary/aromatic N) is 2. The van der Waals surface area contributed by atoms with Gasteiger partial charge in [-0.15, -0.1) is 0 Å². The van der Waals surface area contributed by atoms with Gasteiger partial charge in [-0.2, -0.15) is 0 Å². The van der Waals surface area contributed by atoms with Crippen molar-refractivity contribution in [3.05, 3.63) is 54.4 Å². The van der Waals surface area contributed by atoms with E-state index in [0.29, 0.717) is 5.41 Å². The van der Waals surface area contributed by atoms with Crippen LogP contribution in [-0.2, 0) is 4.74 Å². The Hall–Kier alpha value is -2.95. The van der Waals surface area contributed by atoms with E-state index in [4.69, 9.17) is 4.74 Å². The Bertz CT molecular complexity index is 1600. The van der Waals surface area contributed by atoms with Crippen molar-refractivity contribution in [1.29, 1.82) is 0 Å². The molecule has 1 N–H and O–H groups in total. The summed E-state index contributed by atoms with van der Waals surface area (Å²) in [6, 6.07) is 9.77. The molecule has 5 heteroatoms. The van der Waals surface area contributed by atoms with Gasteiger partial charge in [-0.05, 0) is 116 Å². The van der Waals surface area contributed by atoms with E-state index in [-0.39, 0.29) is 17.6 Å². The van der Waals surface area contributed by atoms with Crippen LogP contribution in [0.15, 0.2) is 54.4 Å². The number of hydrogen-bond acceptors (Lipinski definition) is 4. The number of carbonyl (C=O) groups is 1. The second-order valence-electron chi connectivity index (χ2n) is 16.1. The Morgan fingerprint density at radius 3 is 2.60 bits per heavy atom. The predicted octanol–water partition coefficient (Wildman–Crippen LogP) is 10.7. The van der Waals surface area contributed by atoms with Crippen molar-refractivity contribution in [3.63, 3.8) is 0 Å². The lowest BCUT2D eigenvalue weighted by atomic mass is 9.47. The Balaban J connectivity index is 1.02. The summed E-state index contributed by atoms with van der Waals surface area (Å²) in [6.45, 7) is 12.5. The average molecular weight is 608 g/mol. The summed E-state index contributed by atoms with van der Waals surface area (Å²) in [5.74, 6) is 5.01. The highest BCUT2D eigenvalue weighted by Crippen LogP contribution is 2.67. The molecular weight excluding hydrogens is 554 g/mol. The summed E-state index contributed by atoms with van der Waals surface area (Å²) < 4.78 is 6.13. The number of allylic oxidation sites excluding steroid dienone is 1. The molecule has 3 aromatic rings. The molecule has 3 fully saturated rings. The first-order chi connectivity index (χ1) is 21.7. The second-order valence-corrected chi connectivity index (χ2v) is 16.1. The molecular formula is C40H53N3O2. The average Bonchev–Trinajstić information content (AvgIpc) is 3.38. The van der Waals surface area contributed by atoms with Crippen LogP contribution in [0.25, 0.3) is 21.8 Å². The zero-order chi connectivity index (χ0) is 31.3. The lowest BCUT2D eigenvalue weighted by Gasteiger charge is -2.58. The fourth-order valence-corrected chi connectivity index (χ4v) is 10.9. The maximum atomic E-state index is 13.3. The molecule has 4 aliphatic carbocycles. The molecule has 2 aromatic heterocycles. The molecule has 1 aromatic carbocycles. The number of rotatable bonds is 7. The second kappa shape index (κ2) is 12.0. The van der Waals surface area contributed by atoms with Gasteiger partial charge in [0.2, 0.25) is 0 Å². The lowest BCUT2D eigenvalue weighted by molar-refractivity contribution is -0.0577. The van der Waals surface area contributed by atoms with Gasteiger partial charge in [0.25, 0.3) is 0 Å². The van der Waals surface area contributed by atoms with Crippen LogP contribution in [-0.4, -0.2) is 22.2 Å². The SMILES string of the molecule is CC(C)CCC[C@@H](C)[C@H]1CC[C@H]2[C@@H]3CC=C4CC(OC(=O)Nc5cc6cccnc6c6ncccc56)CC[C@]4(C)[C@H]3CC[C@]12C. The number of carbonyl (C=O) groups excluding carboxylic acids is 1. The van der Waals surface area contributed by atoms with E-state index in [1.165, 1.54) is 51.4 Å². The van der Waals surface area contributed by atoms with Crippen molar-refractivity contribution in [1.82, 2.24) is 9.97 Å². The highest BCUT2D eigenvalue weighted by molar-refractivity contribution is 6.11. The first-order valence-corrected chi connectivity index (χ1v) is 18.0. The van der Waals surface area contributed by atoms with Gasteiger partial charge in [0.05, 0.1) is 16.7 Å². The molecule has 1 unspecified atom stereocenters. The topological polar surface area (TPSA) is 64.1 Å². The predicted molar refractivity (Wildman–Crippen MR) is 184 cm³/mol. The van der Waals surface area contributed by atoms with Crippen molar-refractivity contribution in [2.24, 2.45) is 46.3 Å². The fourth-order valence-electron chi connectivity index (χ4n) is 10.9. The van der Waals surface area contributed by atoms with Crippen LogP contribution in [0, 0.1) is 46.3 Å². The van der Waals surface area contributed by atoms with Gasteiger partial charge in [-0.1, -0.05) is 71.6 Å². The number of benzene rings is 1. The molecule has 7 rings (SSSR count). The fraction of sp³-hybridized carbons (Fsp3) is 0.625. The maximum Gasteiger partial charge on any atom is 0.411 e. The quantitative estimate of drug-likeness (QED) is 0.214. The van der Waals surface area contributed by atoms with E-state index < -0.39 is 0 Å². The van der Waals surface area contributed by atoms with Crippen LogP contribution in [0.3, 0.4) is 0 Å². The summed E-state index contributed by atoms with van der Waals surface area (Å²) in [5.41, 5.74) is 4.66. The van der Waals surface area contributed by atoms with Gasteiger partial charge < -0.3 is 4.74 Å². The number of nitrogens with one attached hydrogen (secondary N) is 1. The third-order valence-corrected chi connectivity index (χ3v) is 13.2. The summed E-state index contributed by atoms with van der Waals surface area (Å²) >= 11 is 0. The smallest absolute Gasteiger partial charge is 0.411 e. The molecule has 240 valence electrons. The first kappa shape index (κ1) is 30.7. The standard InChI is InChI=1S/C40H53N3O2/c1-25(2)9-6-10-26(3)32-15-16-33-30-14-13-28-24-29(17-19-39(28,4)34(30)18-20-40(32,33)5)45-38(44)43-35-23-27-11-7-21-41-36(27)37-31(35)12-8-22-42-37/h7-8,11-13,21-23,25-26,29-30,32-34H,6,9-10,14-20,24H2,1-5H3,(H,43,44)/t26-,29?,30+,32-,33+,34+,39+,40-/m1/s1. The highest BCUT2D eigenvalue weighted by atomic mass is 16.6. The van der Waals surface area contributed by atoms with Crippen molar-refractivity contribution in [2.75, 3.05) is 5.32 Å². The number of ether oxygens (including phenoxy) is 1. The van der Waals surface area contributed by atoms with Crippen molar-refractivity contribution < 1.29 is 9.53 Å². The molecule has 5 nitrogen and oxygen atoms in total. The van der Waals surface area contributed by atoms with Gasteiger partial charge in [0.1, 0.15) is 6.10 Å². The van der Waals surface area contributed by atoms with Gasteiger partial charge in [0.15, 0.2) is 0 Å². The van der Waals surface area contributed by atoms with Crippen LogP contribution >= 0.6 is 0 Å². The summed E-state index contributed by atoms with van der Waals surface area (Å²) in [4.78, 5) is 22.4. The third-order valence-electron chi connectivity index (χ3n) is 13.2. The molecule has 1 amide bonds. The maximum absolute atomic E-state index is 13.3. The number of hydrogen-bond donors (Lipinski definition) is 1. The number of pyridine rings is 2. The van der Waals surface area contributed by atoms with E-state index in [9.17, 15) is 4.79 Å². The Labute approximate surface area is 270 Å². The Kier molecular flexibility index (Phi) is 8.19. The minimum absolute atomic E-state index is 0.0798. The van der Waals surface area contributed by atoms with Gasteiger partial charge in [0, 0.05) is 29.6 Å². The number of fused-ring (bicyclic) bond motifs is 8. The first-order valence-electron chi connectivity index (χ1n) is 18.0. The van der Waals surface area contributed by atoms with Crippen LogP contribution in [0.2, 0.25) is 0 Å². The molecule has 4 aliphatic rings. The molecule has 3 saturated carbocycles. The highest BCUT2D eigenvalue weighted by Gasteiger charge is 2.59. The van der Waals surface area contributed by atoms with E-state index in [0.717, 1.165) is 82.3 Å². The van der Waals surface area contributed by atoms with E-state index in [1.807, 2.05) is 30.3 Å². The van der Waals surface area contributed by atoms with Crippen molar-refractivity contribution in [3.8, 4) is 0 Å². The zero-order valence-corrected chi connectivity index (χ0v) is 28.1. The normalized spacial score (nSPS) is 33.3. The van der Waals surface area contributed by atoms with Crippen LogP contribution in [0.5, 0.6) is 0 Å². The molecule has 0 bridgehead atoms. The Morgan fingerprint density at radius 2 is 1.78 bits per heavy atom. The molecule has 8 atom stereocenters. The van der Waals surface area contributed by atoms with E-state index in [1.54, 1.807) is 18.0 Å². The number of aromatic nitrogens is 2. The number of anilines is 1. The van der Waals surface area contributed by atoms with Crippen LogP contribution in [0.1, 0.15) is 105 Å². The van der Waals surface area contributed by atoms with Gasteiger partial charge >= 0.3 is 6.09 Å². The monoisotopic (exact) mass is 607 g/mol. The van der Waals surface area contributed by atoms with Gasteiger partial charge in [-0.3, -0.25) is 15.3 Å². The Morgan fingerprint density at radius 1 is 0.978 bits per heavy atom. The van der Waals surface area contributed by atoms with Crippen molar-refractivity contribution >= 4 is 33.6 Å². The molecule has 0 spiro atoms. The van der Waals surface area contributed by atoms with Crippen LogP contribution < -0.4 is 5.32 Å². The molecule has 2 heterocycles. The van der Waals surface area contributed by atoms with Gasteiger partial charge in [-0.25, -0.2) is 4.79 Å². The lowest BCUT2D eigenvalue weighted by Crippen LogP contribution is -2.51. The summed E-state index contributed by atoms with van der Waals surface area (Å²) in [6.07, 6.45) is 19.6. The van der Waals surface area contributed by atoms with Crippen molar-refractivity contribution in [2.45, 2.75) is 111 Å². The van der Waals surface area contributed by atoms with E-state index in [2.05, 4.69) is 56.0 Å². The minimum Gasteiger partial charge on any atom is -0.446 e. The summed E-state index contributed by atoms with van der Waals surface area (Å²) in [7, 11) is 0.